The van der Waals surface area contributed by atoms with E-state index in [1.807, 2.05) is 59.5 Å². The van der Waals surface area contributed by atoms with Crippen LogP contribution in [0, 0.1) is 0 Å². The first kappa shape index (κ1) is 17.2. The molecule has 0 saturated carbocycles. The first-order valence-corrected chi connectivity index (χ1v) is 8.96. The van der Waals surface area contributed by atoms with E-state index in [2.05, 4.69) is 15.6 Å². The van der Waals surface area contributed by atoms with Crippen LogP contribution in [0.1, 0.15) is 30.5 Å². The van der Waals surface area contributed by atoms with E-state index in [1.165, 1.54) is 6.92 Å². The van der Waals surface area contributed by atoms with Gasteiger partial charge in [-0.3, -0.25) is 9.78 Å². The van der Waals surface area contributed by atoms with Crippen LogP contribution in [-0.2, 0) is 4.79 Å². The van der Waals surface area contributed by atoms with Crippen LogP contribution in [0.3, 0.4) is 0 Å². The van der Waals surface area contributed by atoms with Gasteiger partial charge in [-0.15, -0.1) is 0 Å². The molecule has 0 unspecified atom stereocenters. The third-order valence-electron chi connectivity index (χ3n) is 4.40. The van der Waals surface area contributed by atoms with Crippen LogP contribution >= 0.6 is 12.2 Å². The number of rotatable bonds is 4. The quantitative estimate of drug-likeness (QED) is 0.673. The van der Waals surface area contributed by atoms with E-state index in [0.29, 0.717) is 5.11 Å². The Kier molecular flexibility index (Phi) is 4.60. The van der Waals surface area contributed by atoms with E-state index < -0.39 is 0 Å². The molecule has 7 heteroatoms. The molecule has 6 nitrogen and oxygen atoms in total. The summed E-state index contributed by atoms with van der Waals surface area (Å²) in [5.41, 5.74) is 2.53. The number of amides is 1. The highest BCUT2D eigenvalue weighted by Gasteiger charge is 2.42. The maximum atomic E-state index is 11.2. The average Bonchev–Trinajstić information content (AvgIpc) is 3.30. The molecule has 3 aromatic rings. The Balaban J connectivity index is 1.72. The van der Waals surface area contributed by atoms with Gasteiger partial charge in [0.05, 0.1) is 18.0 Å². The largest absolute Gasteiger partial charge is 0.467 e. The van der Waals surface area contributed by atoms with Crippen molar-refractivity contribution in [3.05, 3.63) is 78.5 Å². The van der Waals surface area contributed by atoms with Crippen molar-refractivity contribution < 1.29 is 9.21 Å². The minimum Gasteiger partial charge on any atom is -0.467 e. The first-order valence-electron chi connectivity index (χ1n) is 8.55. The number of carbonyl (C=O) groups is 1. The molecule has 2 aromatic heterocycles. The number of benzene rings is 1. The van der Waals surface area contributed by atoms with Gasteiger partial charge in [0.2, 0.25) is 5.91 Å². The normalized spacial score (nSPS) is 19.0. The molecule has 1 aliphatic rings. The van der Waals surface area contributed by atoms with Gasteiger partial charge in [-0.1, -0.05) is 6.07 Å². The van der Waals surface area contributed by atoms with E-state index in [1.54, 1.807) is 12.5 Å². The minimum absolute atomic E-state index is 0.107. The second-order valence-electron chi connectivity index (χ2n) is 6.24. The molecule has 0 spiro atoms. The Morgan fingerprint density at radius 3 is 2.63 bits per heavy atom. The number of furan rings is 1. The summed E-state index contributed by atoms with van der Waals surface area (Å²) >= 11 is 5.63. The molecule has 2 N–H and O–H groups in total. The number of hydrogen-bond acceptors (Lipinski definition) is 4. The number of aromatic nitrogens is 1. The first-order chi connectivity index (χ1) is 13.1. The Morgan fingerprint density at radius 1 is 1.19 bits per heavy atom. The molecule has 0 aliphatic carbocycles. The molecule has 1 aliphatic heterocycles. The Morgan fingerprint density at radius 2 is 2.00 bits per heavy atom. The smallest absolute Gasteiger partial charge is 0.221 e. The van der Waals surface area contributed by atoms with Crippen LogP contribution < -0.4 is 15.5 Å². The van der Waals surface area contributed by atoms with Gasteiger partial charge in [-0.25, -0.2) is 0 Å². The van der Waals surface area contributed by atoms with Gasteiger partial charge >= 0.3 is 0 Å². The van der Waals surface area contributed by atoms with Crippen LogP contribution in [-0.4, -0.2) is 16.0 Å². The molecular formula is C20H18N4O2S. The summed E-state index contributed by atoms with van der Waals surface area (Å²) < 4.78 is 5.72. The molecule has 136 valence electrons. The van der Waals surface area contributed by atoms with Crippen LogP contribution in [0.5, 0.6) is 0 Å². The standard InChI is InChI=1S/C20H18N4O2S/c1-13(25)22-14-7-9-15(10-8-14)24-19(17-6-4-12-26-17)18(23-20(24)27)16-5-2-3-11-21-16/h2-12,18-19H,1H3,(H,22,25)(H,23,27)/t18-,19-/m1/s1. The summed E-state index contributed by atoms with van der Waals surface area (Å²) in [6.07, 6.45) is 3.42. The number of carbonyl (C=O) groups excluding carboxylic acids is 1. The Bertz CT molecular complexity index is 942. The maximum absolute atomic E-state index is 11.2. The van der Waals surface area contributed by atoms with Crippen molar-refractivity contribution in [3.63, 3.8) is 0 Å². The topological polar surface area (TPSA) is 70.4 Å². The maximum Gasteiger partial charge on any atom is 0.221 e. The van der Waals surface area contributed by atoms with E-state index in [4.69, 9.17) is 16.6 Å². The van der Waals surface area contributed by atoms with E-state index in [0.717, 1.165) is 22.8 Å². The molecule has 27 heavy (non-hydrogen) atoms. The number of pyridine rings is 1. The van der Waals surface area contributed by atoms with Gasteiger partial charge in [-0.2, -0.15) is 0 Å². The van der Waals surface area contributed by atoms with Gasteiger partial charge in [0.15, 0.2) is 5.11 Å². The Labute approximate surface area is 162 Å². The lowest BCUT2D eigenvalue weighted by Gasteiger charge is -2.26. The lowest BCUT2D eigenvalue weighted by Crippen LogP contribution is -2.29. The van der Waals surface area contributed by atoms with Crippen molar-refractivity contribution in [2.45, 2.75) is 19.0 Å². The highest BCUT2D eigenvalue weighted by molar-refractivity contribution is 7.80. The lowest BCUT2D eigenvalue weighted by molar-refractivity contribution is -0.114. The zero-order valence-electron chi connectivity index (χ0n) is 14.6. The van der Waals surface area contributed by atoms with E-state index in [-0.39, 0.29) is 18.0 Å². The fraction of sp³-hybridized carbons (Fsp3) is 0.150. The van der Waals surface area contributed by atoms with Crippen LogP contribution in [0.2, 0.25) is 0 Å². The fourth-order valence-electron chi connectivity index (χ4n) is 3.29. The van der Waals surface area contributed by atoms with E-state index >= 15 is 0 Å². The molecule has 4 rings (SSSR count). The van der Waals surface area contributed by atoms with E-state index in [9.17, 15) is 4.79 Å². The fourth-order valence-corrected chi connectivity index (χ4v) is 3.64. The minimum atomic E-state index is -0.172. The molecule has 1 saturated heterocycles. The third-order valence-corrected chi connectivity index (χ3v) is 4.71. The molecule has 0 bridgehead atoms. The van der Waals surface area contributed by atoms with Gasteiger partial charge < -0.3 is 20.0 Å². The number of nitrogens with zero attached hydrogens (tertiary/aromatic N) is 2. The van der Waals surface area contributed by atoms with Crippen LogP contribution in [0.4, 0.5) is 11.4 Å². The molecular weight excluding hydrogens is 360 g/mol. The Hall–Kier alpha value is -3.19. The summed E-state index contributed by atoms with van der Waals surface area (Å²) in [5, 5.41) is 6.74. The summed E-state index contributed by atoms with van der Waals surface area (Å²) in [7, 11) is 0. The second kappa shape index (κ2) is 7.20. The van der Waals surface area contributed by atoms with Crippen LogP contribution in [0.25, 0.3) is 0 Å². The number of nitrogens with one attached hydrogen (secondary N) is 2. The van der Waals surface area contributed by atoms with Crippen molar-refractivity contribution in [1.29, 1.82) is 0 Å². The highest BCUT2D eigenvalue weighted by atomic mass is 32.1. The molecule has 0 radical (unpaired) electrons. The summed E-state index contributed by atoms with van der Waals surface area (Å²) in [5.74, 6) is 0.689. The summed E-state index contributed by atoms with van der Waals surface area (Å²) in [6, 6.07) is 16.9. The van der Waals surface area contributed by atoms with Gasteiger partial charge in [-0.05, 0) is 60.7 Å². The number of hydrogen-bond donors (Lipinski definition) is 2. The predicted molar refractivity (Wildman–Crippen MR) is 107 cm³/mol. The SMILES string of the molecule is CC(=O)Nc1ccc(N2C(=S)N[C@H](c3ccccn3)[C@H]2c2ccco2)cc1. The third kappa shape index (κ3) is 3.41. The van der Waals surface area contributed by atoms with Crippen molar-refractivity contribution in [3.8, 4) is 0 Å². The van der Waals surface area contributed by atoms with Gasteiger partial charge in [0.1, 0.15) is 11.8 Å². The number of thiocarbonyl (C=S) groups is 1. The molecule has 1 amide bonds. The zero-order valence-corrected chi connectivity index (χ0v) is 15.4. The lowest BCUT2D eigenvalue weighted by atomic mass is 10.0. The predicted octanol–water partition coefficient (Wildman–Crippen LogP) is 3.81. The molecule has 1 aromatic carbocycles. The summed E-state index contributed by atoms with van der Waals surface area (Å²) in [6.45, 7) is 1.48. The average molecular weight is 378 g/mol. The van der Waals surface area contributed by atoms with Gasteiger partial charge in [0, 0.05) is 24.5 Å². The van der Waals surface area contributed by atoms with Crippen molar-refractivity contribution in [2.75, 3.05) is 10.2 Å². The molecule has 3 heterocycles. The number of anilines is 2. The van der Waals surface area contributed by atoms with Gasteiger partial charge in [0.25, 0.3) is 0 Å². The summed E-state index contributed by atoms with van der Waals surface area (Å²) in [4.78, 5) is 17.8. The zero-order chi connectivity index (χ0) is 18.8. The van der Waals surface area contributed by atoms with Crippen molar-refractivity contribution in [2.24, 2.45) is 0 Å². The molecule has 2 atom stereocenters. The monoisotopic (exact) mass is 378 g/mol. The molecule has 1 fully saturated rings. The van der Waals surface area contributed by atoms with Crippen molar-refractivity contribution in [1.82, 2.24) is 10.3 Å². The van der Waals surface area contributed by atoms with Crippen molar-refractivity contribution >= 4 is 34.6 Å². The van der Waals surface area contributed by atoms with Crippen LogP contribution in [0.15, 0.2) is 71.5 Å². The highest BCUT2D eigenvalue weighted by Crippen LogP contribution is 2.41. The second-order valence-corrected chi connectivity index (χ2v) is 6.63.